The van der Waals surface area contributed by atoms with Crippen molar-refractivity contribution in [1.29, 1.82) is 0 Å². The zero-order valence-electron chi connectivity index (χ0n) is 9.42. The number of rotatable bonds is 2. The smallest absolute Gasteiger partial charge is 0.252 e. The van der Waals surface area contributed by atoms with E-state index in [0.717, 1.165) is 10.9 Å². The molecular formula is C12H9FN2O3. The van der Waals surface area contributed by atoms with Crippen LogP contribution in [0.1, 0.15) is 17.4 Å². The lowest BCUT2D eigenvalue weighted by Crippen LogP contribution is -2.19. The van der Waals surface area contributed by atoms with Crippen LogP contribution in [0.15, 0.2) is 35.3 Å². The summed E-state index contributed by atoms with van der Waals surface area (Å²) in [5, 5.41) is 13.3. The Hall–Kier alpha value is -2.50. The van der Waals surface area contributed by atoms with Gasteiger partial charge in [-0.05, 0) is 24.3 Å². The molecule has 2 rings (SSSR count). The zero-order valence-corrected chi connectivity index (χ0v) is 9.42. The van der Waals surface area contributed by atoms with Gasteiger partial charge in [-0.25, -0.2) is 9.07 Å². The Balaban J connectivity index is 2.62. The third-order valence-electron chi connectivity index (χ3n) is 2.32. The number of ketones is 1. The van der Waals surface area contributed by atoms with Gasteiger partial charge in [-0.3, -0.25) is 9.59 Å². The van der Waals surface area contributed by atoms with E-state index in [0.29, 0.717) is 5.69 Å². The summed E-state index contributed by atoms with van der Waals surface area (Å²) in [6.07, 6.45) is 1.07. The molecule has 2 aromatic rings. The molecule has 6 heteroatoms. The number of aromatic hydroxyl groups is 1. The Morgan fingerprint density at radius 2 is 1.94 bits per heavy atom. The van der Waals surface area contributed by atoms with Crippen molar-refractivity contribution >= 4 is 5.78 Å². The van der Waals surface area contributed by atoms with E-state index in [1.54, 1.807) is 0 Å². The van der Waals surface area contributed by atoms with Crippen molar-refractivity contribution in [1.82, 2.24) is 9.78 Å². The van der Waals surface area contributed by atoms with Gasteiger partial charge in [-0.2, -0.15) is 5.10 Å². The molecule has 0 aliphatic carbocycles. The molecule has 0 fully saturated rings. The fraction of sp³-hybridized carbons (Fsp3) is 0.0833. The third-order valence-corrected chi connectivity index (χ3v) is 2.32. The molecule has 1 N–H and O–H groups in total. The second-order valence-corrected chi connectivity index (χ2v) is 3.67. The van der Waals surface area contributed by atoms with Crippen LogP contribution in [0.3, 0.4) is 0 Å². The molecule has 0 spiro atoms. The molecule has 1 aromatic carbocycles. The largest absolute Gasteiger partial charge is 0.503 e. The maximum absolute atomic E-state index is 12.8. The van der Waals surface area contributed by atoms with Gasteiger partial charge < -0.3 is 5.11 Å². The van der Waals surface area contributed by atoms with Crippen LogP contribution in [0.4, 0.5) is 4.39 Å². The molecule has 0 saturated heterocycles. The quantitative estimate of drug-likeness (QED) is 0.812. The van der Waals surface area contributed by atoms with Crippen molar-refractivity contribution in [3.05, 3.63) is 52.2 Å². The summed E-state index contributed by atoms with van der Waals surface area (Å²) >= 11 is 0. The van der Waals surface area contributed by atoms with Gasteiger partial charge >= 0.3 is 0 Å². The van der Waals surface area contributed by atoms with Crippen molar-refractivity contribution in [2.45, 2.75) is 6.92 Å². The van der Waals surface area contributed by atoms with E-state index in [4.69, 9.17) is 0 Å². The van der Waals surface area contributed by atoms with Crippen LogP contribution in [0.25, 0.3) is 5.69 Å². The monoisotopic (exact) mass is 248 g/mol. The number of carbonyl (C=O) groups is 1. The Kier molecular flexibility index (Phi) is 2.93. The summed E-state index contributed by atoms with van der Waals surface area (Å²) in [5.41, 5.74) is -0.755. The number of hydrogen-bond donors (Lipinski definition) is 1. The summed E-state index contributed by atoms with van der Waals surface area (Å²) in [4.78, 5) is 22.7. The van der Waals surface area contributed by atoms with Crippen molar-refractivity contribution in [2.24, 2.45) is 0 Å². The molecule has 0 unspecified atom stereocenters. The highest BCUT2D eigenvalue weighted by Crippen LogP contribution is 2.10. The SMILES string of the molecule is CC(=O)c1nn(-c2ccc(F)cc2)cc(O)c1=O. The summed E-state index contributed by atoms with van der Waals surface area (Å²) < 4.78 is 13.9. The Morgan fingerprint density at radius 3 is 2.50 bits per heavy atom. The summed E-state index contributed by atoms with van der Waals surface area (Å²) in [6.45, 7) is 1.18. The predicted molar refractivity (Wildman–Crippen MR) is 61.5 cm³/mol. The van der Waals surface area contributed by atoms with Crippen LogP contribution in [-0.2, 0) is 0 Å². The molecular weight excluding hydrogens is 239 g/mol. The van der Waals surface area contributed by atoms with Gasteiger partial charge in [0.25, 0.3) is 5.43 Å². The average Bonchev–Trinajstić information content (AvgIpc) is 2.33. The van der Waals surface area contributed by atoms with E-state index in [-0.39, 0.29) is 5.69 Å². The fourth-order valence-corrected chi connectivity index (χ4v) is 1.43. The molecule has 0 amide bonds. The van der Waals surface area contributed by atoms with Gasteiger partial charge in [0, 0.05) is 6.92 Å². The van der Waals surface area contributed by atoms with Crippen molar-refractivity contribution in [2.75, 3.05) is 0 Å². The number of carbonyl (C=O) groups excluding carboxylic acids is 1. The van der Waals surface area contributed by atoms with Crippen molar-refractivity contribution in [3.63, 3.8) is 0 Å². The van der Waals surface area contributed by atoms with Gasteiger partial charge in [-0.15, -0.1) is 0 Å². The molecule has 0 aliphatic heterocycles. The molecule has 18 heavy (non-hydrogen) atoms. The Morgan fingerprint density at radius 1 is 1.33 bits per heavy atom. The molecule has 0 bridgehead atoms. The van der Waals surface area contributed by atoms with Crippen LogP contribution in [0.2, 0.25) is 0 Å². The molecule has 1 heterocycles. The molecule has 0 radical (unpaired) electrons. The van der Waals surface area contributed by atoms with E-state index in [1.165, 1.54) is 31.2 Å². The number of Topliss-reactive ketones (excluding diaryl/α,β-unsaturated/α-hetero) is 1. The normalized spacial score (nSPS) is 10.3. The molecule has 0 saturated carbocycles. The molecule has 5 nitrogen and oxygen atoms in total. The lowest BCUT2D eigenvalue weighted by Gasteiger charge is -2.07. The first kappa shape index (κ1) is 12.0. The highest BCUT2D eigenvalue weighted by atomic mass is 19.1. The number of benzene rings is 1. The van der Waals surface area contributed by atoms with Crippen LogP contribution in [-0.4, -0.2) is 20.7 Å². The molecule has 92 valence electrons. The van der Waals surface area contributed by atoms with Crippen molar-refractivity contribution < 1.29 is 14.3 Å². The van der Waals surface area contributed by atoms with Crippen LogP contribution in [0.5, 0.6) is 5.75 Å². The first-order valence-corrected chi connectivity index (χ1v) is 5.09. The molecule has 0 aliphatic rings. The lowest BCUT2D eigenvalue weighted by atomic mass is 10.2. The maximum Gasteiger partial charge on any atom is 0.252 e. The third kappa shape index (κ3) is 2.13. The minimum absolute atomic E-state index is 0.362. The predicted octanol–water partition coefficient (Wildman–Crippen LogP) is 1.28. The van der Waals surface area contributed by atoms with Gasteiger partial charge in [-0.1, -0.05) is 0 Å². The first-order valence-electron chi connectivity index (χ1n) is 5.09. The average molecular weight is 248 g/mol. The van der Waals surface area contributed by atoms with Gasteiger partial charge in [0.2, 0.25) is 0 Å². The summed E-state index contributed by atoms with van der Waals surface area (Å²) in [5.74, 6) is -1.55. The maximum atomic E-state index is 12.8. The molecule has 1 aromatic heterocycles. The van der Waals surface area contributed by atoms with Crippen LogP contribution >= 0.6 is 0 Å². The Labute approximate surface area is 101 Å². The van der Waals surface area contributed by atoms with Gasteiger partial charge in [0.15, 0.2) is 17.2 Å². The standard InChI is InChI=1S/C12H9FN2O3/c1-7(16)11-12(18)10(17)6-15(14-11)9-4-2-8(13)3-5-9/h2-6,17H,1H3. The fourth-order valence-electron chi connectivity index (χ4n) is 1.43. The minimum Gasteiger partial charge on any atom is -0.503 e. The second-order valence-electron chi connectivity index (χ2n) is 3.67. The number of nitrogens with zero attached hydrogens (tertiary/aromatic N) is 2. The number of hydrogen-bond acceptors (Lipinski definition) is 4. The zero-order chi connectivity index (χ0) is 13.3. The first-order chi connectivity index (χ1) is 8.49. The highest BCUT2D eigenvalue weighted by Gasteiger charge is 2.13. The Bertz CT molecular complexity index is 662. The lowest BCUT2D eigenvalue weighted by molar-refractivity contribution is 0.100. The van der Waals surface area contributed by atoms with E-state index in [9.17, 15) is 19.1 Å². The van der Waals surface area contributed by atoms with Gasteiger partial charge in [0.05, 0.1) is 11.9 Å². The number of halogens is 1. The van der Waals surface area contributed by atoms with E-state index in [1.807, 2.05) is 0 Å². The highest BCUT2D eigenvalue weighted by molar-refractivity contribution is 5.92. The summed E-state index contributed by atoms with van der Waals surface area (Å²) in [6, 6.07) is 5.24. The number of aromatic nitrogens is 2. The second kappa shape index (κ2) is 4.40. The van der Waals surface area contributed by atoms with Gasteiger partial charge in [0.1, 0.15) is 5.82 Å². The molecule has 0 atom stereocenters. The minimum atomic E-state index is -0.819. The summed E-state index contributed by atoms with van der Waals surface area (Å²) in [7, 11) is 0. The van der Waals surface area contributed by atoms with E-state index in [2.05, 4.69) is 5.10 Å². The van der Waals surface area contributed by atoms with Crippen LogP contribution in [0, 0.1) is 5.82 Å². The van der Waals surface area contributed by atoms with Crippen LogP contribution < -0.4 is 5.43 Å². The van der Waals surface area contributed by atoms with E-state index >= 15 is 0 Å². The topological polar surface area (TPSA) is 72.2 Å². The van der Waals surface area contributed by atoms with Crippen molar-refractivity contribution in [3.8, 4) is 11.4 Å². The van der Waals surface area contributed by atoms with E-state index < -0.39 is 22.8 Å².